The smallest absolute Gasteiger partial charge is 0.253 e. The van der Waals surface area contributed by atoms with Crippen LogP contribution in [0, 0.1) is 20.8 Å². The Bertz CT molecular complexity index is 1470. The van der Waals surface area contributed by atoms with Gasteiger partial charge in [0.25, 0.3) is 11.5 Å². The number of amides is 1. The summed E-state index contributed by atoms with van der Waals surface area (Å²) in [5.41, 5.74) is 7.88. The van der Waals surface area contributed by atoms with E-state index < -0.39 is 0 Å². The maximum Gasteiger partial charge on any atom is 0.253 e. The molecule has 0 saturated carbocycles. The number of anilines is 1. The topological polar surface area (TPSA) is 97.9 Å². The number of rotatable bonds is 14. The van der Waals surface area contributed by atoms with E-state index in [2.05, 4.69) is 64.3 Å². The summed E-state index contributed by atoms with van der Waals surface area (Å²) in [6.45, 7) is 17.2. The van der Waals surface area contributed by atoms with Crippen LogP contribution in [0.15, 0.2) is 47.3 Å². The molecule has 0 bridgehead atoms. The van der Waals surface area contributed by atoms with Crippen LogP contribution in [0.2, 0.25) is 0 Å². The summed E-state index contributed by atoms with van der Waals surface area (Å²) < 4.78 is 5.50. The molecular weight excluding hydrogens is 564 g/mol. The third-order valence-corrected chi connectivity index (χ3v) is 8.97. The Morgan fingerprint density at radius 1 is 1.02 bits per heavy atom. The highest BCUT2D eigenvalue weighted by atomic mass is 16.5. The Morgan fingerprint density at radius 3 is 2.36 bits per heavy atom. The standard InChI is InChI=1S/C37H52N4O4/c1-7-9-32(15-10-27(5)42)41(8-2)35-22-31(30-13-11-29(12-14-30)24-40-16-18-45-19-17-40)21-33(28(35)6)36(43)38-23-34-25(3)20-26(4)39-37(34)44/h11-14,20-22,27,32,42H,7-10,15-19,23-24H2,1-6H3,(H,38,43)(H,39,44). The van der Waals surface area contributed by atoms with Crippen molar-refractivity contribution >= 4 is 11.6 Å². The lowest BCUT2D eigenvalue weighted by molar-refractivity contribution is 0.0342. The molecule has 0 radical (unpaired) electrons. The molecule has 1 aliphatic heterocycles. The molecule has 2 heterocycles. The lowest BCUT2D eigenvalue weighted by Gasteiger charge is -2.35. The number of hydrogen-bond acceptors (Lipinski definition) is 6. The molecule has 45 heavy (non-hydrogen) atoms. The fraction of sp³-hybridized carbons (Fsp3) is 0.514. The van der Waals surface area contributed by atoms with Crippen molar-refractivity contribution in [2.75, 3.05) is 37.7 Å². The maximum atomic E-state index is 13.9. The van der Waals surface area contributed by atoms with Gasteiger partial charge >= 0.3 is 0 Å². The number of aromatic amines is 1. The van der Waals surface area contributed by atoms with Gasteiger partial charge in [-0.25, -0.2) is 0 Å². The molecule has 3 aromatic rings. The van der Waals surface area contributed by atoms with E-state index >= 15 is 0 Å². The Balaban J connectivity index is 1.71. The van der Waals surface area contributed by atoms with Gasteiger partial charge in [0, 0.05) is 61.3 Å². The molecule has 8 heteroatoms. The minimum Gasteiger partial charge on any atom is -0.393 e. The number of benzene rings is 2. The van der Waals surface area contributed by atoms with E-state index in [4.69, 9.17) is 4.74 Å². The lowest BCUT2D eigenvalue weighted by Crippen LogP contribution is -2.37. The summed E-state index contributed by atoms with van der Waals surface area (Å²) in [5.74, 6) is -0.203. The molecule has 1 aromatic heterocycles. The summed E-state index contributed by atoms with van der Waals surface area (Å²) in [6.07, 6.45) is 3.26. The Morgan fingerprint density at radius 2 is 1.73 bits per heavy atom. The van der Waals surface area contributed by atoms with Crippen LogP contribution in [0.4, 0.5) is 5.69 Å². The van der Waals surface area contributed by atoms with Gasteiger partial charge in [0.1, 0.15) is 0 Å². The van der Waals surface area contributed by atoms with E-state index in [1.54, 1.807) is 0 Å². The number of hydrogen-bond donors (Lipinski definition) is 3. The Kier molecular flexibility index (Phi) is 12.4. The second kappa shape index (κ2) is 16.2. The van der Waals surface area contributed by atoms with Gasteiger partial charge in [0.05, 0.1) is 19.3 Å². The zero-order valence-corrected chi connectivity index (χ0v) is 28.0. The predicted octanol–water partition coefficient (Wildman–Crippen LogP) is 5.89. The number of morpholine rings is 1. The predicted molar refractivity (Wildman–Crippen MR) is 183 cm³/mol. The van der Waals surface area contributed by atoms with Gasteiger partial charge in [-0.1, -0.05) is 37.6 Å². The fourth-order valence-electron chi connectivity index (χ4n) is 6.43. The van der Waals surface area contributed by atoms with E-state index in [9.17, 15) is 14.7 Å². The number of aromatic nitrogens is 1. The minimum atomic E-state index is -0.360. The van der Waals surface area contributed by atoms with Gasteiger partial charge in [0.15, 0.2) is 0 Å². The molecular formula is C37H52N4O4. The van der Waals surface area contributed by atoms with Crippen LogP contribution in [-0.4, -0.2) is 65.9 Å². The van der Waals surface area contributed by atoms with E-state index in [-0.39, 0.29) is 30.2 Å². The monoisotopic (exact) mass is 616 g/mol. The maximum absolute atomic E-state index is 13.9. The van der Waals surface area contributed by atoms with E-state index in [0.717, 1.165) is 98.7 Å². The van der Waals surface area contributed by atoms with Gasteiger partial charge in [-0.15, -0.1) is 0 Å². The fourth-order valence-corrected chi connectivity index (χ4v) is 6.43. The van der Waals surface area contributed by atoms with Gasteiger partial charge in [0.2, 0.25) is 0 Å². The molecule has 1 fully saturated rings. The molecule has 8 nitrogen and oxygen atoms in total. The normalized spacial score (nSPS) is 15.1. The van der Waals surface area contributed by atoms with Gasteiger partial charge in [-0.3, -0.25) is 14.5 Å². The number of aliphatic hydroxyl groups is 1. The highest BCUT2D eigenvalue weighted by molar-refractivity contribution is 5.99. The SMILES string of the molecule is CCCC(CCC(C)O)N(CC)c1cc(-c2ccc(CN3CCOCC3)cc2)cc(C(=O)NCc2c(C)cc(C)[nH]c2=O)c1C. The molecule has 4 rings (SSSR count). The molecule has 2 aromatic carbocycles. The van der Waals surface area contributed by atoms with Crippen molar-refractivity contribution < 1.29 is 14.6 Å². The van der Waals surface area contributed by atoms with Crippen LogP contribution in [0.1, 0.15) is 84.8 Å². The summed E-state index contributed by atoms with van der Waals surface area (Å²) in [4.78, 5) is 34.2. The minimum absolute atomic E-state index is 0.153. The lowest BCUT2D eigenvalue weighted by atomic mass is 9.94. The number of carbonyl (C=O) groups is 1. The number of pyridine rings is 1. The second-order valence-corrected chi connectivity index (χ2v) is 12.5. The van der Waals surface area contributed by atoms with Crippen molar-refractivity contribution in [1.29, 1.82) is 0 Å². The molecule has 0 aliphatic carbocycles. The van der Waals surface area contributed by atoms with E-state index in [1.165, 1.54) is 5.56 Å². The van der Waals surface area contributed by atoms with Crippen molar-refractivity contribution in [1.82, 2.24) is 15.2 Å². The van der Waals surface area contributed by atoms with E-state index in [1.807, 2.05) is 39.8 Å². The summed E-state index contributed by atoms with van der Waals surface area (Å²) in [6, 6.07) is 15.0. The first kappa shape index (κ1) is 34.4. The zero-order valence-electron chi connectivity index (χ0n) is 28.0. The van der Waals surface area contributed by atoms with Gasteiger partial charge in [-0.2, -0.15) is 0 Å². The number of H-pyrrole nitrogens is 1. The van der Waals surface area contributed by atoms with E-state index in [0.29, 0.717) is 11.1 Å². The quantitative estimate of drug-likeness (QED) is 0.209. The van der Waals surface area contributed by atoms with Crippen LogP contribution in [0.5, 0.6) is 0 Å². The average molecular weight is 617 g/mol. The molecule has 1 saturated heterocycles. The molecule has 2 atom stereocenters. The number of aliphatic hydroxyl groups excluding tert-OH is 1. The molecule has 0 spiro atoms. The third kappa shape index (κ3) is 9.06. The Hall–Kier alpha value is -3.46. The first-order valence-corrected chi connectivity index (χ1v) is 16.6. The third-order valence-electron chi connectivity index (χ3n) is 8.97. The van der Waals surface area contributed by atoms with Crippen LogP contribution < -0.4 is 15.8 Å². The number of nitrogens with one attached hydrogen (secondary N) is 2. The molecule has 3 N–H and O–H groups in total. The van der Waals surface area contributed by atoms with Crippen LogP contribution >= 0.6 is 0 Å². The van der Waals surface area contributed by atoms with Crippen molar-refractivity contribution in [2.24, 2.45) is 0 Å². The molecule has 1 amide bonds. The van der Waals surface area contributed by atoms with Crippen molar-refractivity contribution in [2.45, 2.75) is 92.5 Å². The van der Waals surface area contributed by atoms with Crippen LogP contribution in [-0.2, 0) is 17.8 Å². The highest BCUT2D eigenvalue weighted by Gasteiger charge is 2.24. The van der Waals surface area contributed by atoms with Crippen LogP contribution in [0.25, 0.3) is 11.1 Å². The first-order chi connectivity index (χ1) is 21.6. The summed E-state index contributed by atoms with van der Waals surface area (Å²) in [5, 5.41) is 13.1. The average Bonchev–Trinajstić information content (AvgIpc) is 3.01. The highest BCUT2D eigenvalue weighted by Crippen LogP contribution is 2.34. The molecule has 1 aliphatic rings. The Labute approximate surface area is 268 Å². The second-order valence-electron chi connectivity index (χ2n) is 12.5. The van der Waals surface area contributed by atoms with Crippen molar-refractivity contribution in [3.05, 3.63) is 86.3 Å². The van der Waals surface area contributed by atoms with Crippen molar-refractivity contribution in [3.63, 3.8) is 0 Å². The molecule has 244 valence electrons. The number of nitrogens with zero attached hydrogens (tertiary/aromatic N) is 2. The van der Waals surface area contributed by atoms with Gasteiger partial charge in [-0.05, 0) is 99.9 Å². The van der Waals surface area contributed by atoms with Gasteiger partial charge < -0.3 is 25.0 Å². The number of aryl methyl sites for hydroxylation is 2. The summed E-state index contributed by atoms with van der Waals surface area (Å²) >= 11 is 0. The zero-order chi connectivity index (χ0) is 32.5. The van der Waals surface area contributed by atoms with Crippen LogP contribution in [0.3, 0.4) is 0 Å². The first-order valence-electron chi connectivity index (χ1n) is 16.6. The molecule has 2 unspecified atom stereocenters. The summed E-state index contributed by atoms with van der Waals surface area (Å²) in [7, 11) is 0. The van der Waals surface area contributed by atoms with Crippen molar-refractivity contribution in [3.8, 4) is 11.1 Å². The number of ether oxygens (including phenoxy) is 1. The number of carbonyl (C=O) groups excluding carboxylic acids is 1. The largest absolute Gasteiger partial charge is 0.393 e.